The van der Waals surface area contributed by atoms with Crippen molar-refractivity contribution in [1.82, 2.24) is 5.32 Å². The summed E-state index contributed by atoms with van der Waals surface area (Å²) in [6, 6.07) is 0.508. The zero-order valence-electron chi connectivity index (χ0n) is 11.8. The zero-order chi connectivity index (χ0) is 12.6. The van der Waals surface area contributed by atoms with Crippen molar-refractivity contribution in [3.8, 4) is 0 Å². The van der Waals surface area contributed by atoms with Crippen LogP contribution in [0.25, 0.3) is 0 Å². The lowest BCUT2D eigenvalue weighted by Gasteiger charge is -2.46. The molecule has 18 heavy (non-hydrogen) atoms. The highest BCUT2D eigenvalue weighted by Crippen LogP contribution is 2.43. The van der Waals surface area contributed by atoms with E-state index >= 15 is 0 Å². The second-order valence-corrected chi connectivity index (χ2v) is 6.97. The molecule has 0 aromatic heterocycles. The van der Waals surface area contributed by atoms with Crippen molar-refractivity contribution in [2.45, 2.75) is 69.6 Å². The van der Waals surface area contributed by atoms with Gasteiger partial charge in [-0.05, 0) is 32.6 Å². The Hall–Kier alpha value is -0.120. The van der Waals surface area contributed by atoms with Crippen molar-refractivity contribution in [2.75, 3.05) is 19.8 Å². The number of nitrogens with one attached hydrogen (secondary N) is 1. The molecular weight excluding hydrogens is 226 g/mol. The zero-order valence-corrected chi connectivity index (χ0v) is 11.8. The van der Waals surface area contributed by atoms with Gasteiger partial charge in [-0.1, -0.05) is 19.3 Å². The van der Waals surface area contributed by atoms with E-state index in [0.717, 1.165) is 32.1 Å². The molecule has 3 nitrogen and oxygen atoms in total. The molecule has 0 amide bonds. The number of hydrogen-bond acceptors (Lipinski definition) is 3. The van der Waals surface area contributed by atoms with Gasteiger partial charge < -0.3 is 14.8 Å². The number of ether oxygens (including phenoxy) is 2. The maximum Gasteiger partial charge on any atom is 0.110 e. The van der Waals surface area contributed by atoms with Gasteiger partial charge in [0.1, 0.15) is 5.60 Å². The molecule has 2 aliphatic heterocycles. The van der Waals surface area contributed by atoms with Gasteiger partial charge in [-0.2, -0.15) is 0 Å². The summed E-state index contributed by atoms with van der Waals surface area (Å²) in [7, 11) is 0. The van der Waals surface area contributed by atoms with Gasteiger partial charge in [-0.15, -0.1) is 0 Å². The van der Waals surface area contributed by atoms with Crippen LogP contribution in [0.2, 0.25) is 0 Å². The largest absolute Gasteiger partial charge is 0.372 e. The third kappa shape index (κ3) is 2.33. The van der Waals surface area contributed by atoms with Gasteiger partial charge in [-0.25, -0.2) is 0 Å². The van der Waals surface area contributed by atoms with Crippen LogP contribution in [-0.2, 0) is 9.47 Å². The minimum absolute atomic E-state index is 0.0219. The summed E-state index contributed by atoms with van der Waals surface area (Å²) in [5, 5.41) is 3.75. The van der Waals surface area contributed by atoms with Crippen LogP contribution >= 0.6 is 0 Å². The van der Waals surface area contributed by atoms with E-state index in [1.54, 1.807) is 0 Å². The summed E-state index contributed by atoms with van der Waals surface area (Å²) in [5.41, 5.74) is -0.0737. The van der Waals surface area contributed by atoms with Gasteiger partial charge in [0, 0.05) is 19.0 Å². The van der Waals surface area contributed by atoms with Crippen molar-refractivity contribution >= 4 is 0 Å². The average Bonchev–Trinajstić information content (AvgIpc) is 2.67. The summed E-state index contributed by atoms with van der Waals surface area (Å²) in [4.78, 5) is 0. The molecule has 1 aliphatic carbocycles. The molecule has 3 aliphatic rings. The fourth-order valence-electron chi connectivity index (χ4n) is 4.24. The Morgan fingerprint density at radius 2 is 1.83 bits per heavy atom. The number of morpholine rings is 1. The predicted molar refractivity (Wildman–Crippen MR) is 71.7 cm³/mol. The van der Waals surface area contributed by atoms with E-state index < -0.39 is 0 Å². The fourth-order valence-corrected chi connectivity index (χ4v) is 4.24. The molecule has 2 unspecified atom stereocenters. The molecule has 3 heteroatoms. The fraction of sp³-hybridized carbons (Fsp3) is 1.00. The predicted octanol–water partition coefficient (Wildman–Crippen LogP) is 2.49. The normalized spacial score (nSPS) is 41.3. The summed E-state index contributed by atoms with van der Waals surface area (Å²) >= 11 is 0. The van der Waals surface area contributed by atoms with E-state index in [4.69, 9.17) is 9.47 Å². The lowest BCUT2D eigenvalue weighted by Crippen LogP contribution is -2.62. The molecule has 104 valence electrons. The van der Waals surface area contributed by atoms with E-state index in [9.17, 15) is 0 Å². The molecule has 3 rings (SSSR count). The highest BCUT2D eigenvalue weighted by Gasteiger charge is 2.53. The summed E-state index contributed by atoms with van der Waals surface area (Å²) < 4.78 is 12.2. The minimum Gasteiger partial charge on any atom is -0.372 e. The first kappa shape index (κ1) is 12.9. The molecule has 2 atom stereocenters. The van der Waals surface area contributed by atoms with Crippen molar-refractivity contribution in [1.29, 1.82) is 0 Å². The smallest absolute Gasteiger partial charge is 0.110 e. The Morgan fingerprint density at radius 3 is 2.50 bits per heavy atom. The molecule has 0 aromatic carbocycles. The minimum atomic E-state index is -0.0518. The van der Waals surface area contributed by atoms with Gasteiger partial charge >= 0.3 is 0 Å². The Balaban J connectivity index is 1.77. The van der Waals surface area contributed by atoms with E-state index in [1.807, 2.05) is 0 Å². The van der Waals surface area contributed by atoms with Crippen LogP contribution < -0.4 is 5.32 Å². The Labute approximate surface area is 111 Å². The maximum absolute atomic E-state index is 6.24. The van der Waals surface area contributed by atoms with Crippen LogP contribution in [0.1, 0.15) is 52.4 Å². The number of hydrogen-bond donors (Lipinski definition) is 1. The Morgan fingerprint density at radius 1 is 1.06 bits per heavy atom. The molecule has 2 saturated heterocycles. The van der Waals surface area contributed by atoms with E-state index in [1.165, 1.54) is 32.1 Å². The molecule has 0 radical (unpaired) electrons. The van der Waals surface area contributed by atoms with Gasteiger partial charge in [0.15, 0.2) is 0 Å². The monoisotopic (exact) mass is 253 g/mol. The first-order chi connectivity index (χ1) is 8.61. The highest BCUT2D eigenvalue weighted by atomic mass is 16.6. The first-order valence-corrected chi connectivity index (χ1v) is 7.63. The van der Waals surface area contributed by atoms with Crippen LogP contribution in [-0.4, -0.2) is 37.0 Å². The molecule has 0 bridgehead atoms. The van der Waals surface area contributed by atoms with Crippen LogP contribution in [0, 0.1) is 5.92 Å². The first-order valence-electron chi connectivity index (χ1n) is 7.63. The number of rotatable bonds is 1. The molecule has 1 N–H and O–H groups in total. The van der Waals surface area contributed by atoms with Gasteiger partial charge in [-0.3, -0.25) is 0 Å². The topological polar surface area (TPSA) is 30.5 Å². The lowest BCUT2D eigenvalue weighted by atomic mass is 9.74. The third-order valence-corrected chi connectivity index (χ3v) is 4.98. The van der Waals surface area contributed by atoms with Gasteiger partial charge in [0.2, 0.25) is 0 Å². The lowest BCUT2D eigenvalue weighted by molar-refractivity contribution is -0.114. The van der Waals surface area contributed by atoms with Crippen LogP contribution in [0.4, 0.5) is 0 Å². The van der Waals surface area contributed by atoms with Crippen LogP contribution in [0.5, 0.6) is 0 Å². The molecule has 0 aromatic rings. The van der Waals surface area contributed by atoms with Crippen molar-refractivity contribution in [3.05, 3.63) is 0 Å². The SMILES string of the molecule is CC1(C)CC2(CO1)OCCNC2C1CCCCC1. The quantitative estimate of drug-likeness (QED) is 0.779. The van der Waals surface area contributed by atoms with Crippen molar-refractivity contribution in [2.24, 2.45) is 5.92 Å². The van der Waals surface area contributed by atoms with Crippen LogP contribution in [0.15, 0.2) is 0 Å². The van der Waals surface area contributed by atoms with Gasteiger partial charge in [0.25, 0.3) is 0 Å². The van der Waals surface area contributed by atoms with Crippen molar-refractivity contribution < 1.29 is 9.47 Å². The molecule has 1 spiro atoms. The highest BCUT2D eigenvalue weighted by molar-refractivity contribution is 5.06. The molecular formula is C15H27NO2. The Bertz CT molecular complexity index is 299. The summed E-state index contributed by atoms with van der Waals surface area (Å²) in [6.07, 6.45) is 7.96. The van der Waals surface area contributed by atoms with Gasteiger partial charge in [0.05, 0.1) is 18.8 Å². The second-order valence-electron chi connectivity index (χ2n) is 6.97. The molecule has 3 fully saturated rings. The van der Waals surface area contributed by atoms with Crippen LogP contribution in [0.3, 0.4) is 0 Å². The summed E-state index contributed by atoms with van der Waals surface area (Å²) in [6.45, 7) is 7.00. The second kappa shape index (κ2) is 4.77. The maximum atomic E-state index is 6.24. The Kier molecular flexibility index (Phi) is 3.41. The molecule has 2 heterocycles. The standard InChI is InChI=1S/C15H27NO2/c1-14(2)10-15(11-18-14)13(16-8-9-17-15)12-6-4-3-5-7-12/h12-13,16H,3-11H2,1-2H3. The van der Waals surface area contributed by atoms with E-state index in [0.29, 0.717) is 6.04 Å². The van der Waals surface area contributed by atoms with E-state index in [-0.39, 0.29) is 11.2 Å². The van der Waals surface area contributed by atoms with E-state index in [2.05, 4.69) is 19.2 Å². The third-order valence-electron chi connectivity index (χ3n) is 4.98. The summed E-state index contributed by atoms with van der Waals surface area (Å²) in [5.74, 6) is 0.788. The average molecular weight is 253 g/mol. The van der Waals surface area contributed by atoms with Crippen molar-refractivity contribution in [3.63, 3.8) is 0 Å². The molecule has 1 saturated carbocycles.